The van der Waals surface area contributed by atoms with Gasteiger partial charge in [-0.3, -0.25) is 9.59 Å². The Kier molecular flexibility index (Phi) is 2.80. The zero-order chi connectivity index (χ0) is 9.84. The summed E-state index contributed by atoms with van der Waals surface area (Å²) in [5.74, 6) is -1.12. The Labute approximate surface area is 76.3 Å². The molecule has 0 aromatic rings. The van der Waals surface area contributed by atoms with Gasteiger partial charge in [0.2, 0.25) is 0 Å². The lowest BCUT2D eigenvalue weighted by Gasteiger charge is -2.10. The number of hydrogen-bond acceptors (Lipinski definition) is 3. The van der Waals surface area contributed by atoms with Crippen LogP contribution in [0.3, 0.4) is 0 Å². The van der Waals surface area contributed by atoms with Crippen molar-refractivity contribution in [2.45, 2.75) is 13.8 Å². The number of benzene rings is 1. The number of hydrogen-bond donors (Lipinski definition) is 0. The van der Waals surface area contributed by atoms with Crippen LogP contribution in [-0.2, 0) is 14.3 Å². The van der Waals surface area contributed by atoms with Crippen molar-refractivity contribution in [1.29, 1.82) is 0 Å². The first-order chi connectivity index (χ1) is 6.09. The van der Waals surface area contributed by atoms with E-state index in [-0.39, 0.29) is 0 Å². The molecule has 3 heteroatoms. The van der Waals surface area contributed by atoms with Crippen LogP contribution in [0, 0.1) is 0 Å². The molecule has 0 aromatic carbocycles. The lowest BCUT2D eigenvalue weighted by Crippen LogP contribution is -2.03. The predicted octanol–water partition coefficient (Wildman–Crippen LogP) is 1.76. The summed E-state index contributed by atoms with van der Waals surface area (Å²) in [6, 6.07) is 8.48. The van der Waals surface area contributed by atoms with Gasteiger partial charge in [0.25, 0.3) is 0 Å². The Hall–Kier alpha value is -1.64. The van der Waals surface area contributed by atoms with Gasteiger partial charge >= 0.3 is 11.9 Å². The quantitative estimate of drug-likeness (QED) is 0.456. The first-order valence-corrected chi connectivity index (χ1v) is 3.89. The molecule has 0 aliphatic heterocycles. The Bertz CT molecular complexity index is 292. The molecule has 0 saturated carbocycles. The highest BCUT2D eigenvalue weighted by molar-refractivity contribution is 5.82. The molecule has 0 heterocycles. The molecule has 0 saturated heterocycles. The summed E-state index contributed by atoms with van der Waals surface area (Å²) in [4.78, 5) is 19.6. The third kappa shape index (κ3) is 2.71. The fraction of sp³-hybridized carbons (Fsp3) is 0.200. The monoisotopic (exact) mass is 178 g/mol. The van der Waals surface area contributed by atoms with Gasteiger partial charge in [-0.15, -0.1) is 0 Å². The molecule has 0 atom stereocenters. The molecule has 2 aliphatic rings. The normalized spacial score (nSPS) is 9.38. The predicted molar refractivity (Wildman–Crippen MR) is 47.9 cm³/mol. The number of fused-ring (bicyclic) bond motifs is 1. The van der Waals surface area contributed by atoms with E-state index in [0.29, 0.717) is 0 Å². The van der Waals surface area contributed by atoms with Gasteiger partial charge in [-0.1, -0.05) is 24.3 Å². The number of rotatable bonds is 0. The van der Waals surface area contributed by atoms with Gasteiger partial charge in [0.1, 0.15) is 0 Å². The number of ether oxygens (including phenoxy) is 1. The molecular formula is C10H10O3. The van der Waals surface area contributed by atoms with E-state index in [0.717, 1.165) is 0 Å². The van der Waals surface area contributed by atoms with Crippen LogP contribution in [0.1, 0.15) is 13.8 Å². The number of carbonyl (C=O) groups excluding carboxylic acids is 2. The van der Waals surface area contributed by atoms with E-state index in [2.05, 4.69) is 29.0 Å². The summed E-state index contributed by atoms with van der Waals surface area (Å²) < 4.78 is 3.97. The van der Waals surface area contributed by atoms with Crippen molar-refractivity contribution in [1.82, 2.24) is 0 Å². The zero-order valence-corrected chi connectivity index (χ0v) is 7.53. The highest BCUT2D eigenvalue weighted by Gasteiger charge is 2.03. The first kappa shape index (κ1) is 9.45. The maximum absolute atomic E-state index is 9.81. The molecule has 0 bridgehead atoms. The van der Waals surface area contributed by atoms with Crippen molar-refractivity contribution in [3.63, 3.8) is 0 Å². The summed E-state index contributed by atoms with van der Waals surface area (Å²) >= 11 is 0. The minimum absolute atomic E-state index is 0.562. The Morgan fingerprint density at radius 1 is 0.923 bits per heavy atom. The number of carbonyl (C=O) groups is 2. The van der Waals surface area contributed by atoms with Crippen LogP contribution in [0.25, 0.3) is 11.1 Å². The smallest absolute Gasteiger partial charge is 0.310 e. The van der Waals surface area contributed by atoms with E-state index in [4.69, 9.17) is 0 Å². The second-order valence-corrected chi connectivity index (χ2v) is 2.66. The second-order valence-electron chi connectivity index (χ2n) is 2.66. The second kappa shape index (κ2) is 3.85. The zero-order valence-electron chi connectivity index (χ0n) is 7.53. The van der Waals surface area contributed by atoms with Gasteiger partial charge in [0.15, 0.2) is 0 Å². The molecule has 0 fully saturated rings. The summed E-state index contributed by atoms with van der Waals surface area (Å²) in [5, 5.41) is 0. The van der Waals surface area contributed by atoms with Crippen molar-refractivity contribution in [2.75, 3.05) is 0 Å². The first-order valence-electron chi connectivity index (χ1n) is 3.89. The average Bonchev–Trinajstić information content (AvgIpc) is 1.95. The van der Waals surface area contributed by atoms with Crippen LogP contribution in [0.2, 0.25) is 0 Å². The summed E-state index contributed by atoms with van der Waals surface area (Å²) in [6.07, 6.45) is 0. The van der Waals surface area contributed by atoms with Crippen molar-refractivity contribution in [2.24, 2.45) is 0 Å². The average molecular weight is 178 g/mol. The van der Waals surface area contributed by atoms with E-state index in [9.17, 15) is 9.59 Å². The molecule has 0 radical (unpaired) electrons. The molecule has 3 nitrogen and oxygen atoms in total. The summed E-state index contributed by atoms with van der Waals surface area (Å²) in [7, 11) is 0. The standard InChI is InChI=1S/C6H4.C4H6O3/c1-2-6-4-3-5(1)6;1-3(5)7-4(2)6/h1-4H;1-2H3. The summed E-state index contributed by atoms with van der Waals surface area (Å²) in [6.45, 7) is 2.36. The largest absolute Gasteiger partial charge is 0.394 e. The molecule has 2 aliphatic carbocycles. The third-order valence-corrected chi connectivity index (χ3v) is 1.51. The fourth-order valence-electron chi connectivity index (χ4n) is 0.865. The van der Waals surface area contributed by atoms with E-state index in [1.165, 1.54) is 25.0 Å². The topological polar surface area (TPSA) is 43.4 Å². The Balaban J connectivity index is 0.000000130. The van der Waals surface area contributed by atoms with Gasteiger partial charge in [-0.2, -0.15) is 0 Å². The van der Waals surface area contributed by atoms with Crippen LogP contribution >= 0.6 is 0 Å². The Morgan fingerprint density at radius 2 is 1.23 bits per heavy atom. The lowest BCUT2D eigenvalue weighted by atomic mass is 9.95. The van der Waals surface area contributed by atoms with Gasteiger partial charge in [0.05, 0.1) is 0 Å². The lowest BCUT2D eigenvalue weighted by molar-refractivity contribution is -0.156. The minimum Gasteiger partial charge on any atom is -0.394 e. The molecule has 13 heavy (non-hydrogen) atoms. The molecule has 0 unspecified atom stereocenters. The minimum atomic E-state index is -0.562. The highest BCUT2D eigenvalue weighted by Crippen LogP contribution is 2.29. The van der Waals surface area contributed by atoms with Gasteiger partial charge in [-0.25, -0.2) is 0 Å². The van der Waals surface area contributed by atoms with E-state index in [1.54, 1.807) is 0 Å². The van der Waals surface area contributed by atoms with Crippen LogP contribution in [0.4, 0.5) is 0 Å². The van der Waals surface area contributed by atoms with E-state index in [1.807, 2.05) is 0 Å². The van der Waals surface area contributed by atoms with Crippen LogP contribution < -0.4 is 0 Å². The SMILES string of the molecule is CC(=O)OC(C)=O.c1cc2ccc1-2. The Morgan fingerprint density at radius 3 is 1.23 bits per heavy atom. The van der Waals surface area contributed by atoms with Crippen molar-refractivity contribution in [3.8, 4) is 11.1 Å². The van der Waals surface area contributed by atoms with Crippen LogP contribution in [0.15, 0.2) is 24.3 Å². The van der Waals surface area contributed by atoms with Crippen LogP contribution in [-0.4, -0.2) is 11.9 Å². The maximum atomic E-state index is 9.81. The van der Waals surface area contributed by atoms with E-state index < -0.39 is 11.9 Å². The molecular weight excluding hydrogens is 168 g/mol. The molecule has 0 aromatic heterocycles. The van der Waals surface area contributed by atoms with Crippen LogP contribution in [0.5, 0.6) is 0 Å². The highest BCUT2D eigenvalue weighted by atomic mass is 16.6. The molecule has 0 N–H and O–H groups in total. The molecule has 2 rings (SSSR count). The van der Waals surface area contributed by atoms with Gasteiger partial charge in [0, 0.05) is 13.8 Å². The molecule has 0 amide bonds. The van der Waals surface area contributed by atoms with Gasteiger partial charge in [-0.05, 0) is 11.1 Å². The third-order valence-electron chi connectivity index (χ3n) is 1.51. The van der Waals surface area contributed by atoms with Crippen molar-refractivity contribution < 1.29 is 14.3 Å². The van der Waals surface area contributed by atoms with Crippen molar-refractivity contribution in [3.05, 3.63) is 24.3 Å². The number of esters is 2. The molecule has 0 spiro atoms. The molecule has 68 valence electrons. The van der Waals surface area contributed by atoms with Gasteiger partial charge < -0.3 is 4.74 Å². The fourth-order valence-corrected chi connectivity index (χ4v) is 0.865. The maximum Gasteiger partial charge on any atom is 0.310 e. The van der Waals surface area contributed by atoms with Crippen molar-refractivity contribution >= 4 is 11.9 Å². The van der Waals surface area contributed by atoms with E-state index >= 15 is 0 Å². The summed E-state index contributed by atoms with van der Waals surface area (Å²) in [5.41, 5.74) is 2.85.